The predicted octanol–water partition coefficient (Wildman–Crippen LogP) is 3.45. The molecule has 0 unspecified atom stereocenters. The van der Waals surface area contributed by atoms with Crippen molar-refractivity contribution in [1.29, 1.82) is 0 Å². The number of benzene rings is 1. The minimum Gasteiger partial charge on any atom is -0.381 e. The summed E-state index contributed by atoms with van der Waals surface area (Å²) in [5.41, 5.74) is 2.44. The minimum atomic E-state index is -0.197. The van der Waals surface area contributed by atoms with Crippen molar-refractivity contribution >= 4 is 45.2 Å². The van der Waals surface area contributed by atoms with Gasteiger partial charge in [-0.3, -0.25) is 6.42 Å². The van der Waals surface area contributed by atoms with Crippen molar-refractivity contribution in [2.45, 2.75) is 13.2 Å². The van der Waals surface area contributed by atoms with E-state index in [0.717, 1.165) is 5.56 Å². The molecule has 1 aromatic carbocycles. The molecular formula is C11H11I2LaO2-. The fourth-order valence-electron chi connectivity index (χ4n) is 1.40. The number of rotatable bonds is 1. The molecule has 5 heteroatoms. The molecule has 1 aliphatic rings. The number of ether oxygens (including phenoxy) is 2. The van der Waals surface area contributed by atoms with Crippen LogP contribution in [0.1, 0.15) is 17.4 Å². The van der Waals surface area contributed by atoms with Crippen molar-refractivity contribution in [3.63, 3.8) is 0 Å². The molecule has 1 fully saturated rings. The molecule has 0 saturated carbocycles. The topological polar surface area (TPSA) is 18.5 Å². The zero-order chi connectivity index (χ0) is 10.8. The van der Waals surface area contributed by atoms with Crippen LogP contribution in [0.2, 0.25) is 0 Å². The van der Waals surface area contributed by atoms with Crippen molar-refractivity contribution in [2.75, 3.05) is 13.2 Å². The molecule has 1 radical (unpaired) electrons. The normalized spacial score (nSPS) is 16.9. The first kappa shape index (κ1) is 15.9. The van der Waals surface area contributed by atoms with Crippen molar-refractivity contribution in [2.24, 2.45) is 0 Å². The third-order valence-electron chi connectivity index (χ3n) is 2.31. The molecule has 0 aliphatic carbocycles. The van der Waals surface area contributed by atoms with Gasteiger partial charge in [0.05, 0.1) is 0 Å². The Kier molecular flexibility index (Phi) is 7.33. The average Bonchev–Trinajstić information content (AvgIpc) is 2.26. The van der Waals surface area contributed by atoms with E-state index in [4.69, 9.17) is 9.47 Å². The van der Waals surface area contributed by atoms with E-state index < -0.39 is 0 Å². The minimum absolute atomic E-state index is 0. The predicted molar refractivity (Wildman–Crippen MR) is 75.6 cm³/mol. The maximum absolute atomic E-state index is 5.53. The molecule has 0 spiro atoms. The molecule has 85 valence electrons. The fourth-order valence-corrected chi connectivity index (χ4v) is 3.22. The molecule has 1 aliphatic heterocycles. The van der Waals surface area contributed by atoms with Gasteiger partial charge in [-0.05, 0) is 69.8 Å². The summed E-state index contributed by atoms with van der Waals surface area (Å²) in [5.74, 6) is 0. The number of hydrogen-bond donors (Lipinski definition) is 0. The van der Waals surface area contributed by atoms with Crippen LogP contribution in [0.15, 0.2) is 12.1 Å². The average molecular weight is 568 g/mol. The van der Waals surface area contributed by atoms with Gasteiger partial charge in [0.25, 0.3) is 0 Å². The van der Waals surface area contributed by atoms with E-state index in [1.807, 2.05) is 6.42 Å². The van der Waals surface area contributed by atoms with Gasteiger partial charge in [0, 0.05) is 48.3 Å². The summed E-state index contributed by atoms with van der Waals surface area (Å²) < 4.78 is 13.6. The molecule has 2 nitrogen and oxygen atoms in total. The molecule has 1 saturated heterocycles. The van der Waals surface area contributed by atoms with E-state index >= 15 is 0 Å². The Morgan fingerprint density at radius 2 is 1.69 bits per heavy atom. The Hall–Kier alpha value is 1.79. The summed E-state index contributed by atoms with van der Waals surface area (Å²) in [5, 5.41) is 0. The van der Waals surface area contributed by atoms with E-state index in [9.17, 15) is 0 Å². The molecule has 0 bridgehead atoms. The molecule has 1 heterocycles. The van der Waals surface area contributed by atoms with Crippen LogP contribution in [0.4, 0.5) is 0 Å². The molecule has 0 aromatic heterocycles. The van der Waals surface area contributed by atoms with Gasteiger partial charge in [0.1, 0.15) is 0 Å². The second-order valence-corrected chi connectivity index (χ2v) is 5.72. The summed E-state index contributed by atoms with van der Waals surface area (Å²) in [6.07, 6.45) is 1.79. The Bertz CT molecular complexity index is 342. The maximum Gasteiger partial charge on any atom is 0.178 e. The Labute approximate surface area is 151 Å². The third-order valence-corrected chi connectivity index (χ3v) is 4.55. The van der Waals surface area contributed by atoms with Crippen LogP contribution in [-0.2, 0) is 9.47 Å². The summed E-state index contributed by atoms with van der Waals surface area (Å²) >= 11 is 4.70. The van der Waals surface area contributed by atoms with Gasteiger partial charge in [0.15, 0.2) is 6.29 Å². The summed E-state index contributed by atoms with van der Waals surface area (Å²) in [6.45, 7) is 3.47. The Morgan fingerprint density at radius 3 is 2.19 bits per heavy atom. The van der Waals surface area contributed by atoms with Crippen LogP contribution < -0.4 is 0 Å². The fraction of sp³-hybridized carbons (Fsp3) is 0.364. The van der Waals surface area contributed by atoms with Crippen LogP contribution in [0.5, 0.6) is 0 Å². The van der Waals surface area contributed by atoms with Gasteiger partial charge in [-0.25, -0.2) is 0 Å². The van der Waals surface area contributed by atoms with Crippen LogP contribution >= 0.6 is 45.2 Å². The third kappa shape index (κ3) is 3.89. The van der Waals surface area contributed by atoms with Gasteiger partial charge >= 0.3 is 0 Å². The quantitative estimate of drug-likeness (QED) is 0.382. The second kappa shape index (κ2) is 7.40. The van der Waals surface area contributed by atoms with Crippen molar-refractivity contribution in [1.82, 2.24) is 0 Å². The van der Waals surface area contributed by atoms with Crippen LogP contribution in [0, 0.1) is 56.1 Å². The van der Waals surface area contributed by atoms with Gasteiger partial charge < -0.3 is 9.47 Å². The number of halogens is 2. The molecule has 0 atom stereocenters. The zero-order valence-corrected chi connectivity index (χ0v) is 16.8. The first-order valence-corrected chi connectivity index (χ1v) is 6.84. The molecule has 2 rings (SSSR count). The second-order valence-electron chi connectivity index (χ2n) is 3.40. The summed E-state index contributed by atoms with van der Waals surface area (Å²) in [4.78, 5) is 0. The summed E-state index contributed by atoms with van der Waals surface area (Å²) in [6, 6.07) is 4.27. The summed E-state index contributed by atoms with van der Waals surface area (Å²) in [7, 11) is 0. The molecule has 0 N–H and O–H groups in total. The zero-order valence-electron chi connectivity index (χ0n) is 8.87. The first-order valence-electron chi connectivity index (χ1n) is 4.69. The van der Waals surface area contributed by atoms with Gasteiger partial charge in [0.2, 0.25) is 0 Å². The van der Waals surface area contributed by atoms with Crippen molar-refractivity contribution in [3.8, 4) is 0 Å². The largest absolute Gasteiger partial charge is 0.381 e. The van der Waals surface area contributed by atoms with E-state index in [0.29, 0.717) is 13.2 Å². The van der Waals surface area contributed by atoms with Crippen molar-refractivity contribution < 1.29 is 45.1 Å². The maximum atomic E-state index is 5.53. The van der Waals surface area contributed by atoms with Crippen LogP contribution in [0.25, 0.3) is 0 Å². The molecule has 1 aromatic rings. The van der Waals surface area contributed by atoms with E-state index in [1.54, 1.807) is 0 Å². The Morgan fingerprint density at radius 1 is 1.19 bits per heavy atom. The van der Waals surface area contributed by atoms with E-state index in [1.165, 1.54) is 12.7 Å². The van der Waals surface area contributed by atoms with Gasteiger partial charge in [-0.15, -0.1) is 0 Å². The molecule has 16 heavy (non-hydrogen) atoms. The van der Waals surface area contributed by atoms with Crippen LogP contribution in [-0.4, -0.2) is 13.2 Å². The monoisotopic (exact) mass is 568 g/mol. The van der Waals surface area contributed by atoms with Gasteiger partial charge in [-0.1, -0.05) is 13.2 Å². The van der Waals surface area contributed by atoms with Crippen LogP contribution in [0.3, 0.4) is 0 Å². The van der Waals surface area contributed by atoms with E-state index in [2.05, 4.69) is 64.2 Å². The molecule has 0 amide bonds. The standard InChI is InChI=1S/C11H11I2O2.La/c1-7-9(12)5-8(6-10(7)13)11-14-3-2-4-15-11;/h2,5-6,11H,3-4H2,1H3;/q-1;. The van der Waals surface area contributed by atoms with Crippen molar-refractivity contribution in [3.05, 3.63) is 36.8 Å². The SMILES string of the molecule is Cc1c(I)cc(C2OC[CH-]CO2)cc1I.[La]. The Balaban J connectivity index is 0.00000128. The first-order chi connectivity index (χ1) is 7.18. The number of hydrogen-bond acceptors (Lipinski definition) is 2. The van der Waals surface area contributed by atoms with Gasteiger partial charge in [-0.2, -0.15) is 0 Å². The van der Waals surface area contributed by atoms with E-state index in [-0.39, 0.29) is 41.9 Å². The molecular weight excluding hydrogens is 557 g/mol. The smallest absolute Gasteiger partial charge is 0.178 e.